The van der Waals surface area contributed by atoms with Gasteiger partial charge < -0.3 is 15.4 Å². The van der Waals surface area contributed by atoms with Gasteiger partial charge in [-0.1, -0.05) is 30.3 Å². The Kier molecular flexibility index (Phi) is 5.46. The second-order valence-electron chi connectivity index (χ2n) is 5.96. The Morgan fingerprint density at radius 3 is 2.65 bits per heavy atom. The molecule has 0 aromatic heterocycles. The zero-order valence-electron chi connectivity index (χ0n) is 13.9. The first kappa shape index (κ1) is 17.8. The highest BCUT2D eigenvalue weighted by Gasteiger charge is 2.30. The first-order chi connectivity index (χ1) is 12.5. The highest BCUT2D eigenvalue weighted by Crippen LogP contribution is 2.31. The van der Waals surface area contributed by atoms with E-state index in [1.807, 2.05) is 12.1 Å². The van der Waals surface area contributed by atoms with Gasteiger partial charge in [0, 0.05) is 18.7 Å². The number of benzene rings is 2. The van der Waals surface area contributed by atoms with Crippen LogP contribution in [0.1, 0.15) is 23.5 Å². The van der Waals surface area contributed by atoms with Crippen molar-refractivity contribution in [1.29, 1.82) is 0 Å². The quantitative estimate of drug-likeness (QED) is 0.832. The van der Waals surface area contributed by atoms with Gasteiger partial charge >= 0.3 is 6.61 Å². The van der Waals surface area contributed by atoms with E-state index in [4.69, 9.17) is 0 Å². The number of hydrogen-bond donors (Lipinski definition) is 2. The average molecular weight is 360 g/mol. The molecular weight excluding hydrogens is 342 g/mol. The van der Waals surface area contributed by atoms with E-state index in [1.165, 1.54) is 12.1 Å². The molecule has 7 heteroatoms. The Bertz CT molecular complexity index is 794. The molecule has 3 rings (SSSR count). The largest absolute Gasteiger partial charge is 0.435 e. The fourth-order valence-electron chi connectivity index (χ4n) is 2.94. The zero-order valence-corrected chi connectivity index (χ0v) is 13.9. The summed E-state index contributed by atoms with van der Waals surface area (Å²) in [4.78, 5) is 24.3. The summed E-state index contributed by atoms with van der Waals surface area (Å²) in [6.45, 7) is -2.47. The number of amides is 2. The number of para-hydroxylation sites is 1. The molecule has 1 aliphatic heterocycles. The maximum Gasteiger partial charge on any atom is 0.387 e. The van der Waals surface area contributed by atoms with Gasteiger partial charge in [0.1, 0.15) is 5.75 Å². The molecule has 5 nitrogen and oxygen atoms in total. The van der Waals surface area contributed by atoms with Crippen LogP contribution in [-0.4, -0.2) is 25.0 Å². The highest BCUT2D eigenvalue weighted by molar-refractivity contribution is 6.01. The van der Waals surface area contributed by atoms with Gasteiger partial charge in [0.25, 0.3) is 0 Å². The molecule has 1 atom stereocenters. The summed E-state index contributed by atoms with van der Waals surface area (Å²) in [7, 11) is 0. The number of nitrogens with one attached hydrogen (secondary N) is 2. The Labute approximate surface area is 149 Å². The van der Waals surface area contributed by atoms with Gasteiger partial charge in [0.2, 0.25) is 11.8 Å². The summed E-state index contributed by atoms with van der Waals surface area (Å²) in [5.74, 6) is -0.803. The van der Waals surface area contributed by atoms with Crippen LogP contribution < -0.4 is 15.4 Å². The van der Waals surface area contributed by atoms with Crippen molar-refractivity contribution in [2.45, 2.75) is 25.4 Å². The van der Waals surface area contributed by atoms with Crippen LogP contribution in [-0.2, 0) is 16.0 Å². The van der Waals surface area contributed by atoms with Crippen molar-refractivity contribution in [3.8, 4) is 5.75 Å². The van der Waals surface area contributed by atoms with E-state index >= 15 is 0 Å². The molecule has 2 amide bonds. The number of carbonyl (C=O) groups excluding carboxylic acids is 2. The van der Waals surface area contributed by atoms with E-state index in [-0.39, 0.29) is 24.0 Å². The number of alkyl halides is 2. The summed E-state index contributed by atoms with van der Waals surface area (Å²) in [6, 6.07) is 13.5. The molecule has 0 bridgehead atoms. The molecule has 0 radical (unpaired) electrons. The van der Waals surface area contributed by atoms with Crippen molar-refractivity contribution < 1.29 is 23.1 Å². The molecule has 1 heterocycles. The minimum atomic E-state index is -2.85. The molecule has 2 aromatic rings. The van der Waals surface area contributed by atoms with Gasteiger partial charge in [0.15, 0.2) is 0 Å². The molecule has 2 aromatic carbocycles. The van der Waals surface area contributed by atoms with E-state index in [0.717, 1.165) is 11.1 Å². The predicted molar refractivity (Wildman–Crippen MR) is 92.2 cm³/mol. The van der Waals surface area contributed by atoms with Gasteiger partial charge in [0.05, 0.1) is 5.92 Å². The summed E-state index contributed by atoms with van der Waals surface area (Å²) < 4.78 is 28.5. The maximum absolute atomic E-state index is 12.5. The lowest BCUT2D eigenvalue weighted by atomic mass is 9.90. The van der Waals surface area contributed by atoms with E-state index in [1.54, 1.807) is 24.3 Å². The Hall–Kier alpha value is -2.96. The second-order valence-corrected chi connectivity index (χ2v) is 5.96. The normalized spacial score (nSPS) is 16.0. The van der Waals surface area contributed by atoms with Crippen LogP contribution >= 0.6 is 0 Å². The van der Waals surface area contributed by atoms with Gasteiger partial charge in [-0.3, -0.25) is 9.59 Å². The molecule has 0 aliphatic carbocycles. The smallest absolute Gasteiger partial charge is 0.387 e. The summed E-state index contributed by atoms with van der Waals surface area (Å²) in [5, 5.41) is 5.60. The number of ether oxygens (including phenoxy) is 1. The number of fused-ring (bicyclic) bond motifs is 1. The van der Waals surface area contributed by atoms with Crippen LogP contribution in [0.25, 0.3) is 0 Å². The van der Waals surface area contributed by atoms with E-state index in [9.17, 15) is 18.4 Å². The van der Waals surface area contributed by atoms with E-state index in [2.05, 4.69) is 15.4 Å². The third kappa shape index (κ3) is 4.36. The van der Waals surface area contributed by atoms with Gasteiger partial charge in [-0.25, -0.2) is 0 Å². The summed E-state index contributed by atoms with van der Waals surface area (Å²) >= 11 is 0. The van der Waals surface area contributed by atoms with Crippen LogP contribution in [0.15, 0.2) is 48.5 Å². The highest BCUT2D eigenvalue weighted by atomic mass is 19.3. The third-order valence-corrected chi connectivity index (χ3v) is 4.18. The van der Waals surface area contributed by atoms with Crippen molar-refractivity contribution in [3.63, 3.8) is 0 Å². The van der Waals surface area contributed by atoms with Gasteiger partial charge in [-0.15, -0.1) is 0 Å². The minimum Gasteiger partial charge on any atom is -0.435 e. The lowest BCUT2D eigenvalue weighted by molar-refractivity contribution is -0.126. The first-order valence-corrected chi connectivity index (χ1v) is 8.23. The molecule has 1 aliphatic rings. The zero-order chi connectivity index (χ0) is 18.5. The van der Waals surface area contributed by atoms with Crippen molar-refractivity contribution in [2.75, 3.05) is 11.9 Å². The molecule has 1 unspecified atom stereocenters. The Balaban J connectivity index is 1.55. The number of carbonyl (C=O) groups is 2. The fraction of sp³-hybridized carbons (Fsp3) is 0.263. The maximum atomic E-state index is 12.5. The van der Waals surface area contributed by atoms with Crippen molar-refractivity contribution in [2.24, 2.45) is 0 Å². The number of anilines is 1. The number of halogens is 2. The Morgan fingerprint density at radius 1 is 1.19 bits per heavy atom. The lowest BCUT2D eigenvalue weighted by Gasteiger charge is -2.24. The SMILES string of the molecule is O=C1CC(C(=O)NCCc2ccc(OC(F)F)cc2)c2ccccc2N1. The third-order valence-electron chi connectivity index (χ3n) is 4.18. The Morgan fingerprint density at radius 2 is 1.92 bits per heavy atom. The number of rotatable bonds is 6. The van der Waals surface area contributed by atoms with Crippen molar-refractivity contribution >= 4 is 17.5 Å². The van der Waals surface area contributed by atoms with Crippen molar-refractivity contribution in [3.05, 3.63) is 59.7 Å². The van der Waals surface area contributed by atoms with Crippen LogP contribution in [0.4, 0.5) is 14.5 Å². The van der Waals surface area contributed by atoms with Gasteiger partial charge in [-0.2, -0.15) is 8.78 Å². The molecule has 2 N–H and O–H groups in total. The summed E-state index contributed by atoms with van der Waals surface area (Å²) in [5.41, 5.74) is 2.35. The van der Waals surface area contributed by atoms with Crippen molar-refractivity contribution in [1.82, 2.24) is 5.32 Å². The topological polar surface area (TPSA) is 67.4 Å². The van der Waals surface area contributed by atoms with Crippen LogP contribution in [0.5, 0.6) is 5.75 Å². The molecule has 0 spiro atoms. The predicted octanol–water partition coefficient (Wildman–Crippen LogP) is 3.07. The number of hydrogen-bond acceptors (Lipinski definition) is 3. The molecule has 136 valence electrons. The molecule has 0 fully saturated rings. The van der Waals surface area contributed by atoms with Crippen LogP contribution in [0.2, 0.25) is 0 Å². The molecular formula is C19H18F2N2O3. The van der Waals surface area contributed by atoms with E-state index in [0.29, 0.717) is 18.7 Å². The van der Waals surface area contributed by atoms with E-state index < -0.39 is 12.5 Å². The van der Waals surface area contributed by atoms with Crippen LogP contribution in [0.3, 0.4) is 0 Å². The first-order valence-electron chi connectivity index (χ1n) is 8.23. The van der Waals surface area contributed by atoms with Gasteiger partial charge in [-0.05, 0) is 35.7 Å². The molecule has 0 saturated carbocycles. The molecule has 26 heavy (non-hydrogen) atoms. The standard InChI is InChI=1S/C19H18F2N2O3/c20-19(21)26-13-7-5-12(6-8-13)9-10-22-18(25)15-11-17(24)23-16-4-2-1-3-14(15)16/h1-8,15,19H,9-11H2,(H,22,25)(H,23,24). The monoisotopic (exact) mass is 360 g/mol. The van der Waals surface area contributed by atoms with Crippen LogP contribution in [0, 0.1) is 0 Å². The minimum absolute atomic E-state index is 0.0950. The average Bonchev–Trinajstić information content (AvgIpc) is 2.62. The summed E-state index contributed by atoms with van der Waals surface area (Å²) in [6.07, 6.45) is 0.657. The molecule has 0 saturated heterocycles. The second kappa shape index (κ2) is 7.95. The fourth-order valence-corrected chi connectivity index (χ4v) is 2.94. The lowest BCUT2D eigenvalue weighted by Crippen LogP contribution is -2.35.